The van der Waals surface area contributed by atoms with Crippen molar-refractivity contribution < 1.29 is 4.79 Å². The number of hydrogen-bond acceptors (Lipinski definition) is 3. The molecule has 70 valence electrons. The monoisotopic (exact) mass is 180 g/mol. The summed E-state index contributed by atoms with van der Waals surface area (Å²) in [5, 5.41) is 8.65. The molecule has 1 amide bonds. The van der Waals surface area contributed by atoms with Crippen LogP contribution in [0.25, 0.3) is 0 Å². The first-order chi connectivity index (χ1) is 6.33. The first-order valence-corrected chi connectivity index (χ1v) is 4.16. The zero-order chi connectivity index (χ0) is 9.52. The topological polar surface area (TPSA) is 70.7 Å². The van der Waals surface area contributed by atoms with Crippen LogP contribution in [-0.2, 0) is 4.79 Å². The van der Waals surface area contributed by atoms with Gasteiger partial charge in [0, 0.05) is 0 Å². The van der Waals surface area contributed by atoms with Gasteiger partial charge in [-0.05, 0) is 12.5 Å². The molecule has 13 heavy (non-hydrogen) atoms. The summed E-state index contributed by atoms with van der Waals surface area (Å²) in [7, 11) is 0. The maximum Gasteiger partial charge on any atom is 0.250 e. The molecule has 1 aromatic heterocycles. The Bertz CT molecular complexity index is 278. The molecule has 0 fully saturated rings. The number of hydrogen-bond donors (Lipinski definition) is 2. The van der Waals surface area contributed by atoms with Crippen molar-refractivity contribution >= 4 is 11.9 Å². The van der Waals surface area contributed by atoms with E-state index < -0.39 is 0 Å². The van der Waals surface area contributed by atoms with Gasteiger partial charge in [-0.2, -0.15) is 10.1 Å². The van der Waals surface area contributed by atoms with Gasteiger partial charge in [0.2, 0.25) is 11.9 Å². The molecule has 5 nitrogen and oxygen atoms in total. The second-order valence-electron chi connectivity index (χ2n) is 2.51. The SMILES string of the molecule is CCC/C=C/C(=O)Nc1ncn[nH]1. The Hall–Kier alpha value is -1.65. The summed E-state index contributed by atoms with van der Waals surface area (Å²) in [6, 6.07) is 0. The van der Waals surface area contributed by atoms with E-state index in [-0.39, 0.29) is 5.91 Å². The molecule has 0 saturated heterocycles. The molecule has 0 aliphatic carbocycles. The van der Waals surface area contributed by atoms with Crippen LogP contribution in [0.1, 0.15) is 19.8 Å². The quantitative estimate of drug-likeness (QED) is 0.681. The molecule has 0 saturated carbocycles. The van der Waals surface area contributed by atoms with Crippen molar-refractivity contribution in [3.05, 3.63) is 18.5 Å². The fraction of sp³-hybridized carbons (Fsp3) is 0.375. The first kappa shape index (κ1) is 9.44. The Labute approximate surface area is 76.3 Å². The largest absolute Gasteiger partial charge is 0.291 e. The lowest BCUT2D eigenvalue weighted by atomic mass is 10.3. The molecule has 0 aliphatic heterocycles. The minimum atomic E-state index is -0.190. The second-order valence-corrected chi connectivity index (χ2v) is 2.51. The third-order valence-electron chi connectivity index (χ3n) is 1.38. The van der Waals surface area contributed by atoms with Crippen LogP contribution in [0.4, 0.5) is 5.95 Å². The summed E-state index contributed by atoms with van der Waals surface area (Å²) in [5.74, 6) is 0.177. The number of nitrogens with zero attached hydrogens (tertiary/aromatic N) is 2. The summed E-state index contributed by atoms with van der Waals surface area (Å²) < 4.78 is 0. The molecule has 0 spiro atoms. The van der Waals surface area contributed by atoms with Crippen molar-refractivity contribution in [2.45, 2.75) is 19.8 Å². The minimum absolute atomic E-state index is 0.190. The Morgan fingerprint density at radius 3 is 3.23 bits per heavy atom. The van der Waals surface area contributed by atoms with Crippen LogP contribution < -0.4 is 5.32 Å². The van der Waals surface area contributed by atoms with Crippen molar-refractivity contribution in [2.24, 2.45) is 0 Å². The van der Waals surface area contributed by atoms with Crippen LogP contribution in [0.5, 0.6) is 0 Å². The van der Waals surface area contributed by atoms with Crippen LogP contribution in [0.15, 0.2) is 18.5 Å². The zero-order valence-electron chi connectivity index (χ0n) is 7.45. The number of unbranched alkanes of at least 4 members (excludes halogenated alkanes) is 1. The van der Waals surface area contributed by atoms with Crippen molar-refractivity contribution in [1.82, 2.24) is 15.2 Å². The lowest BCUT2D eigenvalue weighted by Gasteiger charge is -1.93. The summed E-state index contributed by atoms with van der Waals surface area (Å²) in [4.78, 5) is 14.9. The molecule has 0 bridgehead atoms. The Morgan fingerprint density at radius 1 is 1.77 bits per heavy atom. The third kappa shape index (κ3) is 3.50. The predicted molar refractivity (Wildman–Crippen MR) is 49.1 cm³/mol. The number of aromatic nitrogens is 3. The Balaban J connectivity index is 2.34. The number of aromatic amines is 1. The first-order valence-electron chi connectivity index (χ1n) is 4.16. The van der Waals surface area contributed by atoms with Crippen LogP contribution in [0.2, 0.25) is 0 Å². The van der Waals surface area contributed by atoms with E-state index in [1.54, 1.807) is 0 Å². The van der Waals surface area contributed by atoms with Crippen molar-refractivity contribution in [1.29, 1.82) is 0 Å². The zero-order valence-corrected chi connectivity index (χ0v) is 7.45. The number of carbonyl (C=O) groups is 1. The second kappa shape index (κ2) is 5.08. The molecule has 0 radical (unpaired) electrons. The van der Waals surface area contributed by atoms with Gasteiger partial charge in [-0.25, -0.2) is 5.10 Å². The summed E-state index contributed by atoms with van der Waals surface area (Å²) in [6.45, 7) is 2.05. The van der Waals surface area contributed by atoms with Gasteiger partial charge in [-0.1, -0.05) is 19.4 Å². The van der Waals surface area contributed by atoms with Gasteiger partial charge in [0.15, 0.2) is 0 Å². The Morgan fingerprint density at radius 2 is 2.62 bits per heavy atom. The number of nitrogens with one attached hydrogen (secondary N) is 2. The molecule has 5 heteroatoms. The highest BCUT2D eigenvalue weighted by Crippen LogP contribution is 1.93. The van der Waals surface area contributed by atoms with Crippen LogP contribution in [0, 0.1) is 0 Å². The molecule has 0 unspecified atom stereocenters. The molecule has 0 atom stereocenters. The van der Waals surface area contributed by atoms with Gasteiger partial charge < -0.3 is 0 Å². The highest BCUT2D eigenvalue weighted by atomic mass is 16.1. The maximum absolute atomic E-state index is 11.1. The fourth-order valence-electron chi connectivity index (χ4n) is 0.781. The molecule has 1 aromatic rings. The lowest BCUT2D eigenvalue weighted by Crippen LogP contribution is -2.08. The van der Waals surface area contributed by atoms with Gasteiger partial charge in [0.1, 0.15) is 6.33 Å². The van der Waals surface area contributed by atoms with E-state index in [2.05, 4.69) is 27.4 Å². The summed E-state index contributed by atoms with van der Waals surface area (Å²) >= 11 is 0. The van der Waals surface area contributed by atoms with Gasteiger partial charge in [-0.3, -0.25) is 10.1 Å². The number of rotatable bonds is 4. The van der Waals surface area contributed by atoms with E-state index in [1.807, 2.05) is 6.08 Å². The normalized spacial score (nSPS) is 10.5. The average Bonchev–Trinajstić information content (AvgIpc) is 2.57. The molecular weight excluding hydrogens is 168 g/mol. The van der Waals surface area contributed by atoms with Crippen LogP contribution in [0.3, 0.4) is 0 Å². The number of allylic oxidation sites excluding steroid dienone is 1. The van der Waals surface area contributed by atoms with Crippen molar-refractivity contribution in [3.8, 4) is 0 Å². The summed E-state index contributed by atoms with van der Waals surface area (Å²) in [5.41, 5.74) is 0. The molecular formula is C8H12N4O. The highest BCUT2D eigenvalue weighted by molar-refractivity contribution is 5.97. The number of carbonyl (C=O) groups excluding carboxylic acids is 1. The minimum Gasteiger partial charge on any atom is -0.291 e. The van der Waals surface area contributed by atoms with E-state index in [4.69, 9.17) is 0 Å². The number of amides is 1. The predicted octanol–water partition coefficient (Wildman–Crippen LogP) is 1.10. The van der Waals surface area contributed by atoms with E-state index in [0.717, 1.165) is 12.8 Å². The van der Waals surface area contributed by atoms with Crippen molar-refractivity contribution in [3.63, 3.8) is 0 Å². The fourth-order valence-corrected chi connectivity index (χ4v) is 0.781. The number of anilines is 1. The third-order valence-corrected chi connectivity index (χ3v) is 1.38. The van der Waals surface area contributed by atoms with Crippen LogP contribution >= 0.6 is 0 Å². The average molecular weight is 180 g/mol. The van der Waals surface area contributed by atoms with E-state index >= 15 is 0 Å². The van der Waals surface area contributed by atoms with E-state index in [0.29, 0.717) is 5.95 Å². The highest BCUT2D eigenvalue weighted by Gasteiger charge is 1.97. The summed E-state index contributed by atoms with van der Waals surface area (Å²) in [6.07, 6.45) is 6.60. The van der Waals surface area contributed by atoms with E-state index in [1.165, 1.54) is 12.4 Å². The molecule has 0 aromatic carbocycles. The molecule has 1 heterocycles. The Kier molecular flexibility index (Phi) is 3.69. The van der Waals surface area contributed by atoms with Gasteiger partial charge in [0.05, 0.1) is 0 Å². The van der Waals surface area contributed by atoms with Gasteiger partial charge in [0.25, 0.3) is 0 Å². The molecule has 0 aliphatic rings. The standard InChI is InChI=1S/C8H12N4O/c1-2-3-4-5-7(13)11-8-9-6-10-12-8/h4-6H,2-3H2,1H3,(H2,9,10,11,12,13)/b5-4+. The van der Waals surface area contributed by atoms with Gasteiger partial charge >= 0.3 is 0 Å². The van der Waals surface area contributed by atoms with Crippen molar-refractivity contribution in [2.75, 3.05) is 5.32 Å². The van der Waals surface area contributed by atoms with Gasteiger partial charge in [-0.15, -0.1) is 0 Å². The molecule has 2 N–H and O–H groups in total. The maximum atomic E-state index is 11.1. The number of H-pyrrole nitrogens is 1. The molecule has 1 rings (SSSR count). The van der Waals surface area contributed by atoms with Crippen LogP contribution in [-0.4, -0.2) is 21.1 Å². The smallest absolute Gasteiger partial charge is 0.250 e. The van der Waals surface area contributed by atoms with E-state index in [9.17, 15) is 4.79 Å². The lowest BCUT2D eigenvalue weighted by molar-refractivity contribution is -0.112.